The minimum absolute atomic E-state index is 0.210. The van der Waals surface area contributed by atoms with Crippen LogP contribution in [0, 0.1) is 12.0 Å². The first kappa shape index (κ1) is 15.3. The fourth-order valence-electron chi connectivity index (χ4n) is 1.23. The van der Waals surface area contributed by atoms with Crippen molar-refractivity contribution in [2.75, 3.05) is 14.2 Å². The van der Waals surface area contributed by atoms with Gasteiger partial charge in [0.15, 0.2) is 0 Å². The van der Waals surface area contributed by atoms with E-state index < -0.39 is 5.97 Å². The Hall–Kier alpha value is -1.75. The van der Waals surface area contributed by atoms with Crippen LogP contribution in [0.2, 0.25) is 0 Å². The lowest BCUT2D eigenvalue weighted by molar-refractivity contribution is -0.224. The Morgan fingerprint density at radius 3 is 2.37 bits per heavy atom. The van der Waals surface area contributed by atoms with Gasteiger partial charge in [0.25, 0.3) is 0 Å². The molecule has 5 heteroatoms. The third-order valence-corrected chi connectivity index (χ3v) is 2.15. The second-order valence-electron chi connectivity index (χ2n) is 5.02. The van der Waals surface area contributed by atoms with Gasteiger partial charge >= 0.3 is 5.97 Å². The summed E-state index contributed by atoms with van der Waals surface area (Å²) < 4.78 is 10.1. The predicted molar refractivity (Wildman–Crippen MR) is 69.8 cm³/mol. The lowest BCUT2D eigenvalue weighted by Gasteiger charge is -2.15. The summed E-state index contributed by atoms with van der Waals surface area (Å²) in [6.07, 6.45) is 0. The molecule has 19 heavy (non-hydrogen) atoms. The van der Waals surface area contributed by atoms with E-state index in [1.807, 2.05) is 20.8 Å². The van der Waals surface area contributed by atoms with Gasteiger partial charge in [0.1, 0.15) is 23.7 Å². The molecule has 0 heterocycles. The molecule has 0 bridgehead atoms. The lowest BCUT2D eigenvalue weighted by Crippen LogP contribution is -2.13. The normalized spacial score (nSPS) is 11.0. The Kier molecular flexibility index (Phi) is 5.18. The SMILES string of the molecule is COc1ccc(OC)c(C(=O)OO[CH]C(C)(C)C)c1. The number of ether oxygens (including phenoxy) is 2. The molecule has 0 N–H and O–H groups in total. The molecule has 1 rings (SSSR count). The van der Waals surface area contributed by atoms with Gasteiger partial charge in [-0.3, -0.25) is 4.89 Å². The predicted octanol–water partition coefficient (Wildman–Crippen LogP) is 3.00. The molecule has 0 aliphatic rings. The average molecular weight is 267 g/mol. The summed E-state index contributed by atoms with van der Waals surface area (Å²) in [7, 11) is 2.99. The van der Waals surface area contributed by atoms with Gasteiger partial charge in [-0.2, -0.15) is 4.89 Å². The van der Waals surface area contributed by atoms with E-state index in [1.54, 1.807) is 12.1 Å². The minimum atomic E-state index is -0.642. The van der Waals surface area contributed by atoms with Crippen LogP contribution in [0.15, 0.2) is 18.2 Å². The van der Waals surface area contributed by atoms with Crippen molar-refractivity contribution in [1.82, 2.24) is 0 Å². The van der Waals surface area contributed by atoms with Gasteiger partial charge in [-0.25, -0.2) is 4.79 Å². The molecular weight excluding hydrogens is 248 g/mol. The first-order valence-electron chi connectivity index (χ1n) is 5.81. The zero-order valence-electron chi connectivity index (χ0n) is 11.9. The number of hydrogen-bond acceptors (Lipinski definition) is 5. The lowest BCUT2D eigenvalue weighted by atomic mass is 9.99. The summed E-state index contributed by atoms with van der Waals surface area (Å²) in [5, 5.41) is 0. The first-order valence-corrected chi connectivity index (χ1v) is 5.81. The summed E-state index contributed by atoms with van der Waals surface area (Å²) in [6.45, 7) is 7.21. The van der Waals surface area contributed by atoms with Gasteiger partial charge < -0.3 is 9.47 Å². The highest BCUT2D eigenvalue weighted by molar-refractivity contribution is 5.92. The van der Waals surface area contributed by atoms with Crippen LogP contribution in [0.4, 0.5) is 0 Å². The Morgan fingerprint density at radius 2 is 1.84 bits per heavy atom. The summed E-state index contributed by atoms with van der Waals surface area (Å²) in [5.41, 5.74) is 0.0304. The molecule has 0 aliphatic carbocycles. The monoisotopic (exact) mass is 267 g/mol. The quantitative estimate of drug-likeness (QED) is 0.606. The van der Waals surface area contributed by atoms with Gasteiger partial charge in [-0.1, -0.05) is 20.8 Å². The largest absolute Gasteiger partial charge is 0.497 e. The molecule has 0 unspecified atom stereocenters. The second kappa shape index (κ2) is 6.43. The maximum atomic E-state index is 11.9. The molecule has 0 spiro atoms. The van der Waals surface area contributed by atoms with Crippen LogP contribution in [-0.4, -0.2) is 20.2 Å². The van der Waals surface area contributed by atoms with Crippen LogP contribution < -0.4 is 9.47 Å². The molecular formula is C14H19O5. The van der Waals surface area contributed by atoms with Crippen LogP contribution in [0.5, 0.6) is 11.5 Å². The molecule has 1 aromatic rings. The standard InChI is InChI=1S/C14H19O5/c1-14(2,3)9-18-19-13(15)11-8-10(16-4)6-7-12(11)17-5/h6-9H,1-5H3. The maximum Gasteiger partial charge on any atom is 0.376 e. The number of carbonyl (C=O) groups is 1. The van der Waals surface area contributed by atoms with Crippen LogP contribution in [0.1, 0.15) is 31.1 Å². The highest BCUT2D eigenvalue weighted by atomic mass is 17.2. The van der Waals surface area contributed by atoms with E-state index in [-0.39, 0.29) is 11.0 Å². The average Bonchev–Trinajstić information content (AvgIpc) is 2.36. The fraction of sp³-hybridized carbons (Fsp3) is 0.429. The van der Waals surface area contributed by atoms with Gasteiger partial charge in [-0.05, 0) is 23.6 Å². The molecule has 0 saturated heterocycles. The van der Waals surface area contributed by atoms with Gasteiger partial charge in [-0.15, -0.1) is 0 Å². The van der Waals surface area contributed by atoms with E-state index in [0.717, 1.165) is 0 Å². The Morgan fingerprint density at radius 1 is 1.16 bits per heavy atom. The second-order valence-corrected chi connectivity index (χ2v) is 5.02. The molecule has 0 amide bonds. The molecule has 0 saturated carbocycles. The summed E-state index contributed by atoms with van der Waals surface area (Å²) in [5.74, 6) is 0.286. The molecule has 5 nitrogen and oxygen atoms in total. The van der Waals surface area contributed by atoms with E-state index in [9.17, 15) is 4.79 Å². The maximum absolute atomic E-state index is 11.9. The van der Waals surface area contributed by atoms with Crippen LogP contribution >= 0.6 is 0 Å². The van der Waals surface area contributed by atoms with Gasteiger partial charge in [0.05, 0.1) is 14.2 Å². The smallest absolute Gasteiger partial charge is 0.376 e. The van der Waals surface area contributed by atoms with Crippen molar-refractivity contribution in [3.05, 3.63) is 30.4 Å². The van der Waals surface area contributed by atoms with E-state index in [2.05, 4.69) is 0 Å². The van der Waals surface area contributed by atoms with Gasteiger partial charge in [0, 0.05) is 0 Å². The molecule has 0 fully saturated rings. The van der Waals surface area contributed by atoms with E-state index >= 15 is 0 Å². The fourth-order valence-corrected chi connectivity index (χ4v) is 1.23. The molecule has 105 valence electrons. The van der Waals surface area contributed by atoms with Crippen molar-refractivity contribution < 1.29 is 24.0 Å². The van der Waals surface area contributed by atoms with Crippen LogP contribution in [0.25, 0.3) is 0 Å². The Bertz CT molecular complexity index is 434. The highest BCUT2D eigenvalue weighted by Gasteiger charge is 2.18. The minimum Gasteiger partial charge on any atom is -0.497 e. The number of rotatable bonds is 5. The van der Waals surface area contributed by atoms with E-state index in [1.165, 1.54) is 26.9 Å². The van der Waals surface area contributed by atoms with Crippen LogP contribution in [-0.2, 0) is 9.78 Å². The van der Waals surface area contributed by atoms with Gasteiger partial charge in [0.2, 0.25) is 0 Å². The zero-order chi connectivity index (χ0) is 14.5. The van der Waals surface area contributed by atoms with Crippen molar-refractivity contribution >= 4 is 5.97 Å². The third-order valence-electron chi connectivity index (χ3n) is 2.15. The van der Waals surface area contributed by atoms with E-state index in [0.29, 0.717) is 11.5 Å². The van der Waals surface area contributed by atoms with Crippen molar-refractivity contribution in [1.29, 1.82) is 0 Å². The van der Waals surface area contributed by atoms with Crippen molar-refractivity contribution in [2.45, 2.75) is 20.8 Å². The summed E-state index contributed by atoms with van der Waals surface area (Å²) >= 11 is 0. The molecule has 0 atom stereocenters. The number of benzene rings is 1. The first-order chi connectivity index (χ1) is 8.87. The number of methoxy groups -OCH3 is 2. The van der Waals surface area contributed by atoms with Crippen molar-refractivity contribution in [3.63, 3.8) is 0 Å². The van der Waals surface area contributed by atoms with Crippen molar-refractivity contribution in [2.24, 2.45) is 5.41 Å². The molecule has 0 aromatic heterocycles. The summed E-state index contributed by atoms with van der Waals surface area (Å²) in [6, 6.07) is 4.85. The zero-order valence-corrected chi connectivity index (χ0v) is 11.9. The third kappa shape index (κ3) is 4.79. The molecule has 1 radical (unpaired) electrons. The highest BCUT2D eigenvalue weighted by Crippen LogP contribution is 2.25. The Balaban J connectivity index is 2.75. The summed E-state index contributed by atoms with van der Waals surface area (Å²) in [4.78, 5) is 21.4. The molecule has 1 aromatic carbocycles. The topological polar surface area (TPSA) is 54.0 Å². The number of carbonyl (C=O) groups excluding carboxylic acids is 1. The Labute approximate surface area is 113 Å². The number of hydrogen-bond donors (Lipinski definition) is 0. The van der Waals surface area contributed by atoms with Crippen LogP contribution in [0.3, 0.4) is 0 Å². The molecule has 0 aliphatic heterocycles. The van der Waals surface area contributed by atoms with Crippen molar-refractivity contribution in [3.8, 4) is 11.5 Å². The van der Waals surface area contributed by atoms with E-state index in [4.69, 9.17) is 19.2 Å².